The van der Waals surface area contributed by atoms with Gasteiger partial charge in [0.25, 0.3) is 5.56 Å². The molecule has 1 saturated carbocycles. The van der Waals surface area contributed by atoms with E-state index in [1.54, 1.807) is 42.6 Å². The molecular formula is C34H43FN6O2. The minimum absolute atomic E-state index is 0.0234. The van der Waals surface area contributed by atoms with E-state index < -0.39 is 5.82 Å². The van der Waals surface area contributed by atoms with Crippen LogP contribution in [0.1, 0.15) is 65.6 Å². The summed E-state index contributed by atoms with van der Waals surface area (Å²) in [4.78, 5) is 39.2. The number of likely N-dealkylation sites (tertiary alicyclic amines) is 2. The number of halogens is 1. The monoisotopic (exact) mass is 587 g/mol. The van der Waals surface area contributed by atoms with Gasteiger partial charge in [0.1, 0.15) is 5.69 Å². The molecule has 228 valence electrons. The molecule has 0 spiro atoms. The maximum absolute atomic E-state index is 14.9. The van der Waals surface area contributed by atoms with Gasteiger partial charge in [-0.25, -0.2) is 14.4 Å². The van der Waals surface area contributed by atoms with Crippen LogP contribution in [0.15, 0.2) is 59.7 Å². The van der Waals surface area contributed by atoms with Crippen molar-refractivity contribution in [2.45, 2.75) is 70.2 Å². The van der Waals surface area contributed by atoms with E-state index in [-0.39, 0.29) is 35.5 Å². The van der Waals surface area contributed by atoms with Crippen LogP contribution in [0, 0.1) is 17.7 Å². The molecule has 3 fully saturated rings. The lowest BCUT2D eigenvalue weighted by atomic mass is 9.84. The Morgan fingerprint density at radius 2 is 1.86 bits per heavy atom. The molecule has 0 radical (unpaired) electrons. The van der Waals surface area contributed by atoms with E-state index in [4.69, 9.17) is 1.37 Å². The first-order valence-corrected chi connectivity index (χ1v) is 15.9. The number of pyridine rings is 1. The fraction of sp³-hybridized carbons (Fsp3) is 0.529. The summed E-state index contributed by atoms with van der Waals surface area (Å²) in [6.07, 6.45) is 11.8. The van der Waals surface area contributed by atoms with Crippen molar-refractivity contribution in [2.75, 3.05) is 38.0 Å². The average Bonchev–Trinajstić information content (AvgIpc) is 3.06. The molecule has 6 rings (SSSR count). The molecule has 3 aliphatic rings. The maximum Gasteiger partial charge on any atom is 0.255 e. The molecule has 0 unspecified atom stereocenters. The van der Waals surface area contributed by atoms with Gasteiger partial charge in [0, 0.05) is 49.9 Å². The van der Waals surface area contributed by atoms with Gasteiger partial charge in [0.2, 0.25) is 11.9 Å². The lowest BCUT2D eigenvalue weighted by Crippen LogP contribution is -2.44. The van der Waals surface area contributed by atoms with Crippen LogP contribution in [0.2, 0.25) is 0 Å². The molecule has 9 heteroatoms. The normalized spacial score (nSPS) is 22.7. The number of aromatic nitrogens is 3. The Kier molecular flexibility index (Phi) is 9.05. The molecule has 4 heterocycles. The summed E-state index contributed by atoms with van der Waals surface area (Å²) < 4.78 is 24.3. The van der Waals surface area contributed by atoms with Crippen LogP contribution in [-0.4, -0.2) is 69.0 Å². The third-order valence-electron chi connectivity index (χ3n) is 9.40. The number of benzene rings is 1. The van der Waals surface area contributed by atoms with E-state index in [0.717, 1.165) is 77.7 Å². The predicted molar refractivity (Wildman–Crippen MR) is 167 cm³/mol. The van der Waals surface area contributed by atoms with Crippen molar-refractivity contribution in [3.63, 3.8) is 0 Å². The van der Waals surface area contributed by atoms with E-state index in [1.165, 1.54) is 23.3 Å². The fourth-order valence-electron chi connectivity index (χ4n) is 6.90. The highest BCUT2D eigenvalue weighted by atomic mass is 19.1. The highest BCUT2D eigenvalue weighted by Gasteiger charge is 2.32. The van der Waals surface area contributed by atoms with Gasteiger partial charge in [-0.1, -0.05) is 31.0 Å². The van der Waals surface area contributed by atoms with Gasteiger partial charge in [0.05, 0.1) is 6.20 Å². The number of nitrogens with zero attached hydrogens (tertiary/aromatic N) is 5. The number of rotatable bonds is 8. The lowest BCUT2D eigenvalue weighted by molar-refractivity contribution is -0.138. The molecule has 2 aromatic heterocycles. The highest BCUT2D eigenvalue weighted by Crippen LogP contribution is 2.31. The van der Waals surface area contributed by atoms with E-state index in [1.807, 2.05) is 0 Å². The van der Waals surface area contributed by atoms with Crippen molar-refractivity contribution in [1.29, 1.82) is 0 Å². The Bertz CT molecular complexity index is 1480. The number of carbonyl (C=O) groups excluding carboxylic acids is 1. The van der Waals surface area contributed by atoms with Gasteiger partial charge in [-0.3, -0.25) is 14.2 Å². The molecule has 1 N–H and O–H groups in total. The summed E-state index contributed by atoms with van der Waals surface area (Å²) in [5.74, 6) is 0.721. The summed E-state index contributed by atoms with van der Waals surface area (Å²) in [6.45, 7) is 4.90. The first kappa shape index (κ1) is 28.2. The zero-order valence-electron chi connectivity index (χ0n) is 25.8. The predicted octanol–water partition coefficient (Wildman–Crippen LogP) is 5.52. The largest absolute Gasteiger partial charge is 0.351 e. The molecule has 43 heavy (non-hydrogen) atoms. The molecule has 1 amide bonds. The van der Waals surface area contributed by atoms with Crippen molar-refractivity contribution in [1.82, 2.24) is 24.3 Å². The van der Waals surface area contributed by atoms with Gasteiger partial charge < -0.3 is 15.1 Å². The van der Waals surface area contributed by atoms with Crippen molar-refractivity contribution in [3.05, 3.63) is 71.0 Å². The average molecular weight is 588 g/mol. The third-order valence-corrected chi connectivity index (χ3v) is 9.40. The van der Waals surface area contributed by atoms with Crippen molar-refractivity contribution < 1.29 is 10.6 Å². The molecule has 2 aliphatic heterocycles. The second-order valence-electron chi connectivity index (χ2n) is 12.3. The standard InChI is InChI=1S/C34H43FN6O2/c35-30-24-36-34(38-32(30)26-8-7-11-29(23-26)41-18-5-2-12-31(41)42)37-28-10-6-9-27(22-28)33(43)40-20-14-25(15-21-40)13-19-39-16-3-1-4-17-39/h2,5,7-8,11-12,18,23-25,27-28H,1,3-4,6,9-10,13-17,19-22H2,(H,36,37,38)/t27-,28+/m1/s1/i1D. The Morgan fingerprint density at radius 1 is 1.02 bits per heavy atom. The summed E-state index contributed by atoms with van der Waals surface area (Å²) in [6, 6.07) is 12.1. The number of hydrogen-bond donors (Lipinski definition) is 1. The lowest BCUT2D eigenvalue weighted by Gasteiger charge is -2.37. The maximum atomic E-state index is 14.9. The Labute approximate surface area is 254 Å². The van der Waals surface area contributed by atoms with E-state index in [2.05, 4.69) is 25.1 Å². The minimum atomic E-state index is -0.536. The quantitative estimate of drug-likeness (QED) is 0.374. The van der Waals surface area contributed by atoms with Gasteiger partial charge in [0.15, 0.2) is 5.82 Å². The van der Waals surface area contributed by atoms with Gasteiger partial charge in [-0.2, -0.15) is 0 Å². The van der Waals surface area contributed by atoms with E-state index >= 15 is 0 Å². The Balaban J connectivity index is 1.03. The summed E-state index contributed by atoms with van der Waals surface area (Å²) in [5, 5.41) is 3.39. The smallest absolute Gasteiger partial charge is 0.255 e. The van der Waals surface area contributed by atoms with Gasteiger partial charge >= 0.3 is 0 Å². The highest BCUT2D eigenvalue weighted by molar-refractivity contribution is 5.79. The molecular weight excluding hydrogens is 543 g/mol. The Hall–Kier alpha value is -3.59. The van der Waals surface area contributed by atoms with Gasteiger partial charge in [-0.15, -0.1) is 0 Å². The SMILES string of the molecule is [2H]C1CCN(CCC2CCN(C(=O)[C@@H]3CCC[C@H](Nc4ncc(F)c(-c5cccc(-n6ccccc6=O)c5)n4)C3)CC2)CC1. The van der Waals surface area contributed by atoms with Crippen LogP contribution in [0.3, 0.4) is 0 Å². The van der Waals surface area contributed by atoms with Crippen LogP contribution >= 0.6 is 0 Å². The molecule has 2 atom stereocenters. The van der Waals surface area contributed by atoms with Crippen LogP contribution in [0.25, 0.3) is 16.9 Å². The summed E-state index contributed by atoms with van der Waals surface area (Å²) >= 11 is 0. The second-order valence-corrected chi connectivity index (χ2v) is 12.3. The van der Waals surface area contributed by atoms with Crippen molar-refractivity contribution in [2.24, 2.45) is 11.8 Å². The molecule has 1 aliphatic carbocycles. The van der Waals surface area contributed by atoms with Crippen molar-refractivity contribution >= 4 is 11.9 Å². The fourth-order valence-corrected chi connectivity index (χ4v) is 6.90. The molecule has 2 saturated heterocycles. The molecule has 8 nitrogen and oxygen atoms in total. The van der Waals surface area contributed by atoms with Crippen LogP contribution < -0.4 is 10.9 Å². The number of nitrogens with one attached hydrogen (secondary N) is 1. The number of hydrogen-bond acceptors (Lipinski definition) is 6. The minimum Gasteiger partial charge on any atom is -0.351 e. The molecule has 0 bridgehead atoms. The zero-order valence-corrected chi connectivity index (χ0v) is 24.8. The number of amides is 1. The topological polar surface area (TPSA) is 83.4 Å². The van der Waals surface area contributed by atoms with Crippen LogP contribution in [-0.2, 0) is 4.79 Å². The third kappa shape index (κ3) is 7.32. The number of piperidine rings is 2. The van der Waals surface area contributed by atoms with Gasteiger partial charge in [-0.05, 0) is 95.1 Å². The van der Waals surface area contributed by atoms with E-state index in [9.17, 15) is 14.0 Å². The van der Waals surface area contributed by atoms with Crippen LogP contribution in [0.5, 0.6) is 0 Å². The molecule has 1 aromatic carbocycles. The number of anilines is 1. The number of carbonyl (C=O) groups is 1. The molecule has 3 aromatic rings. The first-order valence-electron chi connectivity index (χ1n) is 16.5. The zero-order chi connectivity index (χ0) is 30.5. The summed E-state index contributed by atoms with van der Waals surface area (Å²) in [7, 11) is 0. The van der Waals surface area contributed by atoms with Crippen molar-refractivity contribution in [3.8, 4) is 16.9 Å². The van der Waals surface area contributed by atoms with Crippen LogP contribution in [0.4, 0.5) is 10.3 Å². The summed E-state index contributed by atoms with van der Waals surface area (Å²) in [5.41, 5.74) is 1.18. The van der Waals surface area contributed by atoms with E-state index in [0.29, 0.717) is 29.5 Å². The second kappa shape index (κ2) is 13.8. The first-order chi connectivity index (χ1) is 21.4. The Morgan fingerprint density at radius 3 is 2.67 bits per heavy atom.